The molecule has 2 rings (SSSR count). The Morgan fingerprint density at radius 1 is 1.27 bits per heavy atom. The van der Waals surface area contributed by atoms with Gasteiger partial charge in [0.25, 0.3) is 0 Å². The Bertz CT molecular complexity index is 474. The van der Waals surface area contributed by atoms with Gasteiger partial charge in [-0.15, -0.1) is 0 Å². The first-order valence-electron chi connectivity index (χ1n) is 4.83. The fourth-order valence-corrected chi connectivity index (χ4v) is 1.50. The van der Waals surface area contributed by atoms with E-state index in [-0.39, 0.29) is 6.61 Å². The summed E-state index contributed by atoms with van der Waals surface area (Å²) >= 11 is 0. The molecule has 1 aromatic carbocycles. The van der Waals surface area contributed by atoms with E-state index in [1.54, 1.807) is 0 Å². The second kappa shape index (κ2) is 3.87. The molecular formula is C12H13NO2. The van der Waals surface area contributed by atoms with Crippen molar-refractivity contribution in [2.75, 3.05) is 0 Å². The Kier molecular flexibility index (Phi) is 2.56. The predicted molar refractivity (Wildman–Crippen MR) is 57.3 cm³/mol. The van der Waals surface area contributed by atoms with Crippen LogP contribution in [0.5, 0.6) is 0 Å². The lowest BCUT2D eigenvalue weighted by atomic mass is 10.0. The van der Waals surface area contributed by atoms with Crippen molar-refractivity contribution in [2.45, 2.75) is 20.5 Å². The Labute approximate surface area is 88.4 Å². The summed E-state index contributed by atoms with van der Waals surface area (Å²) in [7, 11) is 0. The van der Waals surface area contributed by atoms with Crippen molar-refractivity contribution in [3.8, 4) is 11.3 Å². The second-order valence-electron chi connectivity index (χ2n) is 3.59. The van der Waals surface area contributed by atoms with Crippen molar-refractivity contribution in [2.24, 2.45) is 0 Å². The molecule has 0 unspecified atom stereocenters. The van der Waals surface area contributed by atoms with E-state index >= 15 is 0 Å². The third-order valence-electron chi connectivity index (χ3n) is 2.56. The molecular weight excluding hydrogens is 190 g/mol. The minimum Gasteiger partial charge on any atom is -0.443 e. The summed E-state index contributed by atoms with van der Waals surface area (Å²) in [5, 5.41) is 9.07. The number of aryl methyl sites for hydroxylation is 2. The SMILES string of the molecule is Cc1ccc(-c2ocnc2CO)cc1C. The van der Waals surface area contributed by atoms with Gasteiger partial charge < -0.3 is 9.52 Å². The van der Waals surface area contributed by atoms with Gasteiger partial charge in [-0.3, -0.25) is 0 Å². The molecule has 0 bridgehead atoms. The molecule has 0 amide bonds. The molecule has 2 aromatic rings. The van der Waals surface area contributed by atoms with Gasteiger partial charge in [-0.25, -0.2) is 4.98 Å². The van der Waals surface area contributed by atoms with Crippen LogP contribution in [-0.2, 0) is 6.61 Å². The Morgan fingerprint density at radius 2 is 2.07 bits per heavy atom. The molecule has 0 aliphatic rings. The van der Waals surface area contributed by atoms with E-state index < -0.39 is 0 Å². The highest BCUT2D eigenvalue weighted by molar-refractivity contribution is 5.61. The Morgan fingerprint density at radius 3 is 2.73 bits per heavy atom. The van der Waals surface area contributed by atoms with Crippen molar-refractivity contribution in [3.05, 3.63) is 41.4 Å². The molecule has 78 valence electrons. The van der Waals surface area contributed by atoms with Crippen molar-refractivity contribution < 1.29 is 9.52 Å². The molecule has 3 nitrogen and oxygen atoms in total. The zero-order chi connectivity index (χ0) is 10.8. The third-order valence-corrected chi connectivity index (χ3v) is 2.56. The molecule has 1 heterocycles. The second-order valence-corrected chi connectivity index (χ2v) is 3.59. The molecule has 15 heavy (non-hydrogen) atoms. The number of nitrogens with zero attached hydrogens (tertiary/aromatic N) is 1. The highest BCUT2D eigenvalue weighted by Gasteiger charge is 2.09. The molecule has 0 saturated carbocycles. The van der Waals surface area contributed by atoms with Gasteiger partial charge in [0.2, 0.25) is 0 Å². The van der Waals surface area contributed by atoms with Crippen LogP contribution in [0.15, 0.2) is 29.0 Å². The first-order chi connectivity index (χ1) is 7.22. The van der Waals surface area contributed by atoms with Crippen molar-refractivity contribution in [1.29, 1.82) is 0 Å². The predicted octanol–water partition coefficient (Wildman–Crippen LogP) is 2.45. The lowest BCUT2D eigenvalue weighted by Crippen LogP contribution is -1.88. The highest BCUT2D eigenvalue weighted by atomic mass is 16.3. The largest absolute Gasteiger partial charge is 0.443 e. The topological polar surface area (TPSA) is 46.3 Å². The van der Waals surface area contributed by atoms with E-state index in [1.807, 2.05) is 25.1 Å². The van der Waals surface area contributed by atoms with Crippen LogP contribution in [-0.4, -0.2) is 10.1 Å². The first-order valence-corrected chi connectivity index (χ1v) is 4.83. The number of benzene rings is 1. The highest BCUT2D eigenvalue weighted by Crippen LogP contribution is 2.25. The van der Waals surface area contributed by atoms with E-state index in [9.17, 15) is 0 Å². The fraction of sp³-hybridized carbons (Fsp3) is 0.250. The summed E-state index contributed by atoms with van der Waals surface area (Å²) in [4.78, 5) is 3.95. The molecule has 0 radical (unpaired) electrons. The van der Waals surface area contributed by atoms with Gasteiger partial charge in [0.05, 0.1) is 6.61 Å². The number of aromatic nitrogens is 1. The summed E-state index contributed by atoms with van der Waals surface area (Å²) in [6.07, 6.45) is 1.36. The fourth-order valence-electron chi connectivity index (χ4n) is 1.50. The van der Waals surface area contributed by atoms with Crippen LogP contribution in [0, 0.1) is 13.8 Å². The number of aliphatic hydroxyl groups is 1. The van der Waals surface area contributed by atoms with Crippen molar-refractivity contribution in [1.82, 2.24) is 4.98 Å². The lowest BCUT2D eigenvalue weighted by molar-refractivity contribution is 0.277. The van der Waals surface area contributed by atoms with E-state index in [2.05, 4.69) is 11.9 Å². The van der Waals surface area contributed by atoms with Crippen LogP contribution in [0.3, 0.4) is 0 Å². The van der Waals surface area contributed by atoms with Gasteiger partial charge in [-0.2, -0.15) is 0 Å². The van der Waals surface area contributed by atoms with Crippen LogP contribution in [0.25, 0.3) is 11.3 Å². The van der Waals surface area contributed by atoms with Gasteiger partial charge in [-0.05, 0) is 31.0 Å². The van der Waals surface area contributed by atoms with Crippen LogP contribution in [0.1, 0.15) is 16.8 Å². The lowest BCUT2D eigenvalue weighted by Gasteiger charge is -2.03. The maximum absolute atomic E-state index is 9.07. The molecule has 0 saturated heterocycles. The minimum absolute atomic E-state index is 0.0985. The Balaban J connectivity index is 2.50. The van der Waals surface area contributed by atoms with Crippen LogP contribution >= 0.6 is 0 Å². The summed E-state index contributed by atoms with van der Waals surface area (Å²) in [6, 6.07) is 6.05. The average Bonchev–Trinajstić information content (AvgIpc) is 2.70. The smallest absolute Gasteiger partial charge is 0.181 e. The van der Waals surface area contributed by atoms with Gasteiger partial charge in [-0.1, -0.05) is 12.1 Å². The molecule has 1 N–H and O–H groups in total. The van der Waals surface area contributed by atoms with Gasteiger partial charge in [0, 0.05) is 5.56 Å². The van der Waals surface area contributed by atoms with E-state index in [1.165, 1.54) is 17.5 Å². The van der Waals surface area contributed by atoms with Gasteiger partial charge in [0.1, 0.15) is 5.69 Å². The molecule has 0 spiro atoms. The molecule has 1 aromatic heterocycles. The normalized spacial score (nSPS) is 10.6. The van der Waals surface area contributed by atoms with E-state index in [0.29, 0.717) is 11.5 Å². The third kappa shape index (κ3) is 1.78. The van der Waals surface area contributed by atoms with Crippen LogP contribution in [0.4, 0.5) is 0 Å². The average molecular weight is 203 g/mol. The zero-order valence-electron chi connectivity index (χ0n) is 8.82. The van der Waals surface area contributed by atoms with E-state index in [0.717, 1.165) is 5.56 Å². The van der Waals surface area contributed by atoms with Crippen LogP contribution < -0.4 is 0 Å². The number of oxazole rings is 1. The molecule has 0 aliphatic carbocycles. The number of aliphatic hydroxyl groups excluding tert-OH is 1. The van der Waals surface area contributed by atoms with Gasteiger partial charge >= 0.3 is 0 Å². The molecule has 0 aliphatic heterocycles. The summed E-state index contributed by atoms with van der Waals surface area (Å²) < 4.78 is 5.27. The maximum Gasteiger partial charge on any atom is 0.181 e. The van der Waals surface area contributed by atoms with Crippen molar-refractivity contribution >= 4 is 0 Å². The summed E-state index contributed by atoms with van der Waals surface area (Å²) in [5.41, 5.74) is 3.98. The molecule has 0 fully saturated rings. The number of hydrogen-bond donors (Lipinski definition) is 1. The van der Waals surface area contributed by atoms with Crippen molar-refractivity contribution in [3.63, 3.8) is 0 Å². The zero-order valence-corrected chi connectivity index (χ0v) is 8.82. The van der Waals surface area contributed by atoms with E-state index in [4.69, 9.17) is 9.52 Å². The quantitative estimate of drug-likeness (QED) is 0.815. The first kappa shape index (κ1) is 9.93. The minimum atomic E-state index is -0.0985. The van der Waals surface area contributed by atoms with Gasteiger partial charge in [0.15, 0.2) is 12.2 Å². The monoisotopic (exact) mass is 203 g/mol. The number of rotatable bonds is 2. The molecule has 0 atom stereocenters. The standard InChI is InChI=1S/C12H13NO2/c1-8-3-4-10(5-9(8)2)12-11(6-14)13-7-15-12/h3-5,7,14H,6H2,1-2H3. The molecule has 3 heteroatoms. The summed E-state index contributed by atoms with van der Waals surface area (Å²) in [6.45, 7) is 4.01. The Hall–Kier alpha value is -1.61. The summed E-state index contributed by atoms with van der Waals surface area (Å²) in [5.74, 6) is 0.653. The van der Waals surface area contributed by atoms with Crippen LogP contribution in [0.2, 0.25) is 0 Å². The maximum atomic E-state index is 9.07. The number of hydrogen-bond acceptors (Lipinski definition) is 3.